The molecule has 0 spiro atoms. The molecule has 0 aromatic carbocycles. The summed E-state index contributed by atoms with van der Waals surface area (Å²) in [7, 11) is 0. The van der Waals surface area contributed by atoms with Crippen molar-refractivity contribution >= 4 is 0 Å². The second-order valence-electron chi connectivity index (χ2n) is 3.93. The molecule has 1 heterocycles. The Labute approximate surface area is 70.6 Å². The first-order valence-electron chi connectivity index (χ1n) is 5.06. The van der Waals surface area contributed by atoms with Crippen molar-refractivity contribution in [3.8, 4) is 0 Å². The molecule has 11 heavy (non-hydrogen) atoms. The molecule has 0 bridgehead atoms. The molecular formula is C10H21N. The van der Waals surface area contributed by atoms with Crippen LogP contribution in [-0.4, -0.2) is 12.6 Å². The van der Waals surface area contributed by atoms with Crippen LogP contribution in [0.25, 0.3) is 0 Å². The molecule has 0 aromatic rings. The van der Waals surface area contributed by atoms with Crippen molar-refractivity contribution in [3.63, 3.8) is 0 Å². The number of hydrogen-bond acceptors (Lipinski definition) is 1. The second kappa shape index (κ2) is 4.76. The monoisotopic (exact) mass is 155 g/mol. The second-order valence-corrected chi connectivity index (χ2v) is 3.93. The van der Waals surface area contributed by atoms with E-state index in [1.807, 2.05) is 0 Å². The molecule has 1 aliphatic rings. The van der Waals surface area contributed by atoms with E-state index >= 15 is 0 Å². The van der Waals surface area contributed by atoms with E-state index in [0.717, 1.165) is 12.0 Å². The van der Waals surface area contributed by atoms with Crippen LogP contribution in [0.2, 0.25) is 0 Å². The topological polar surface area (TPSA) is 12.0 Å². The Hall–Kier alpha value is -0.0400. The van der Waals surface area contributed by atoms with Gasteiger partial charge in [-0.15, -0.1) is 0 Å². The quantitative estimate of drug-likeness (QED) is 0.660. The SMILES string of the molecule is CCCC[C@H]1CCC(C)CN1. The molecule has 0 aromatic heterocycles. The summed E-state index contributed by atoms with van der Waals surface area (Å²) in [5.41, 5.74) is 0. The highest BCUT2D eigenvalue weighted by Gasteiger charge is 2.15. The van der Waals surface area contributed by atoms with Crippen molar-refractivity contribution < 1.29 is 0 Å². The highest BCUT2D eigenvalue weighted by atomic mass is 14.9. The van der Waals surface area contributed by atoms with Gasteiger partial charge in [0.25, 0.3) is 0 Å². The Morgan fingerprint density at radius 1 is 1.36 bits per heavy atom. The third kappa shape index (κ3) is 3.24. The third-order valence-corrected chi connectivity index (χ3v) is 2.67. The Balaban J connectivity index is 2.07. The van der Waals surface area contributed by atoms with E-state index in [1.165, 1.54) is 38.6 Å². The minimum absolute atomic E-state index is 0.839. The normalized spacial score (nSPS) is 32.2. The van der Waals surface area contributed by atoms with Crippen LogP contribution in [-0.2, 0) is 0 Å². The molecule has 0 saturated carbocycles. The van der Waals surface area contributed by atoms with Gasteiger partial charge in [0.1, 0.15) is 0 Å². The van der Waals surface area contributed by atoms with E-state index in [2.05, 4.69) is 19.2 Å². The summed E-state index contributed by atoms with van der Waals surface area (Å²) in [5, 5.41) is 3.60. The number of rotatable bonds is 3. The molecule has 0 amide bonds. The van der Waals surface area contributed by atoms with Gasteiger partial charge in [-0.1, -0.05) is 26.7 Å². The van der Waals surface area contributed by atoms with Crippen LogP contribution < -0.4 is 5.32 Å². The maximum absolute atomic E-state index is 3.60. The van der Waals surface area contributed by atoms with E-state index in [4.69, 9.17) is 0 Å². The minimum Gasteiger partial charge on any atom is -0.314 e. The zero-order valence-corrected chi connectivity index (χ0v) is 7.90. The summed E-state index contributed by atoms with van der Waals surface area (Å²) in [5.74, 6) is 0.910. The fraction of sp³-hybridized carbons (Fsp3) is 1.00. The minimum atomic E-state index is 0.839. The fourth-order valence-corrected chi connectivity index (χ4v) is 1.75. The van der Waals surface area contributed by atoms with Crippen LogP contribution in [0, 0.1) is 5.92 Å². The van der Waals surface area contributed by atoms with Crippen LogP contribution in [0.3, 0.4) is 0 Å². The molecule has 1 nitrogen and oxygen atoms in total. The van der Waals surface area contributed by atoms with Gasteiger partial charge in [0.2, 0.25) is 0 Å². The van der Waals surface area contributed by atoms with Gasteiger partial charge in [-0.25, -0.2) is 0 Å². The van der Waals surface area contributed by atoms with E-state index in [1.54, 1.807) is 0 Å². The van der Waals surface area contributed by atoms with Crippen molar-refractivity contribution in [2.45, 2.75) is 52.0 Å². The number of piperidine rings is 1. The molecule has 2 atom stereocenters. The Morgan fingerprint density at radius 2 is 2.18 bits per heavy atom. The summed E-state index contributed by atoms with van der Waals surface area (Å²) in [6, 6.07) is 0.839. The summed E-state index contributed by atoms with van der Waals surface area (Å²) >= 11 is 0. The lowest BCUT2D eigenvalue weighted by molar-refractivity contribution is 0.311. The number of hydrogen-bond donors (Lipinski definition) is 1. The van der Waals surface area contributed by atoms with Gasteiger partial charge in [0.05, 0.1) is 0 Å². The van der Waals surface area contributed by atoms with Crippen LogP contribution in [0.4, 0.5) is 0 Å². The van der Waals surface area contributed by atoms with E-state index in [0.29, 0.717) is 0 Å². The third-order valence-electron chi connectivity index (χ3n) is 2.67. The standard InChI is InChI=1S/C10H21N/c1-3-4-5-10-7-6-9(2)8-11-10/h9-11H,3-8H2,1-2H3/t9?,10-/m0/s1. The lowest BCUT2D eigenvalue weighted by Gasteiger charge is -2.27. The maximum atomic E-state index is 3.60. The molecule has 1 unspecified atom stereocenters. The first-order valence-corrected chi connectivity index (χ1v) is 5.06. The number of nitrogens with one attached hydrogen (secondary N) is 1. The molecular weight excluding hydrogens is 134 g/mol. The molecule has 66 valence electrons. The lowest BCUT2D eigenvalue weighted by Crippen LogP contribution is -2.37. The molecule has 1 N–H and O–H groups in total. The molecule has 1 fully saturated rings. The van der Waals surface area contributed by atoms with Crippen molar-refractivity contribution in [3.05, 3.63) is 0 Å². The largest absolute Gasteiger partial charge is 0.314 e. The molecule has 0 radical (unpaired) electrons. The summed E-state index contributed by atoms with van der Waals surface area (Å²) < 4.78 is 0. The first-order chi connectivity index (χ1) is 5.33. The molecule has 0 aliphatic carbocycles. The van der Waals surface area contributed by atoms with Gasteiger partial charge in [0, 0.05) is 6.04 Å². The Morgan fingerprint density at radius 3 is 2.73 bits per heavy atom. The average Bonchev–Trinajstić information content (AvgIpc) is 2.04. The zero-order valence-electron chi connectivity index (χ0n) is 7.90. The molecule has 1 heteroatoms. The van der Waals surface area contributed by atoms with Gasteiger partial charge in [-0.3, -0.25) is 0 Å². The predicted molar refractivity (Wildman–Crippen MR) is 49.7 cm³/mol. The van der Waals surface area contributed by atoms with Crippen LogP contribution >= 0.6 is 0 Å². The molecule has 1 aliphatic heterocycles. The Bertz CT molecular complexity index is 90.3. The smallest absolute Gasteiger partial charge is 0.00672 e. The summed E-state index contributed by atoms with van der Waals surface area (Å²) in [6.45, 7) is 5.85. The van der Waals surface area contributed by atoms with Crippen LogP contribution in [0.15, 0.2) is 0 Å². The zero-order chi connectivity index (χ0) is 8.10. The molecule has 1 saturated heterocycles. The summed E-state index contributed by atoms with van der Waals surface area (Å²) in [6.07, 6.45) is 6.96. The van der Waals surface area contributed by atoms with Crippen LogP contribution in [0.1, 0.15) is 46.0 Å². The van der Waals surface area contributed by atoms with Crippen molar-refractivity contribution in [2.24, 2.45) is 5.92 Å². The highest BCUT2D eigenvalue weighted by molar-refractivity contribution is 4.75. The average molecular weight is 155 g/mol. The van der Waals surface area contributed by atoms with Gasteiger partial charge in [-0.2, -0.15) is 0 Å². The van der Waals surface area contributed by atoms with E-state index in [9.17, 15) is 0 Å². The van der Waals surface area contributed by atoms with E-state index in [-0.39, 0.29) is 0 Å². The van der Waals surface area contributed by atoms with E-state index < -0.39 is 0 Å². The fourth-order valence-electron chi connectivity index (χ4n) is 1.75. The lowest BCUT2D eigenvalue weighted by atomic mass is 9.94. The van der Waals surface area contributed by atoms with Crippen molar-refractivity contribution in [1.82, 2.24) is 5.32 Å². The van der Waals surface area contributed by atoms with Gasteiger partial charge in [-0.05, 0) is 31.7 Å². The van der Waals surface area contributed by atoms with Gasteiger partial charge in [0.15, 0.2) is 0 Å². The maximum Gasteiger partial charge on any atom is 0.00672 e. The van der Waals surface area contributed by atoms with Crippen molar-refractivity contribution in [2.75, 3.05) is 6.54 Å². The first kappa shape index (κ1) is 9.05. The highest BCUT2D eigenvalue weighted by Crippen LogP contribution is 2.16. The Kier molecular flexibility index (Phi) is 3.92. The van der Waals surface area contributed by atoms with Crippen LogP contribution in [0.5, 0.6) is 0 Å². The van der Waals surface area contributed by atoms with Gasteiger partial charge >= 0.3 is 0 Å². The molecule has 1 rings (SSSR count). The summed E-state index contributed by atoms with van der Waals surface area (Å²) in [4.78, 5) is 0. The van der Waals surface area contributed by atoms with Gasteiger partial charge < -0.3 is 5.32 Å². The van der Waals surface area contributed by atoms with Crippen molar-refractivity contribution in [1.29, 1.82) is 0 Å². The predicted octanol–water partition coefficient (Wildman–Crippen LogP) is 2.56. The number of unbranched alkanes of at least 4 members (excludes halogenated alkanes) is 1.